The molecule has 2 atom stereocenters. The number of carbonyl (C=O) groups is 1. The van der Waals surface area contributed by atoms with Crippen LogP contribution in [0, 0.1) is 11.7 Å². The predicted octanol–water partition coefficient (Wildman–Crippen LogP) is 1.96. The topological polar surface area (TPSA) is 83.5 Å². The molecule has 0 spiro atoms. The van der Waals surface area contributed by atoms with Crippen molar-refractivity contribution in [2.24, 2.45) is 5.92 Å². The monoisotopic (exact) mass is 371 g/mol. The number of carbonyl (C=O) groups excluding carboxylic acids is 1. The van der Waals surface area contributed by atoms with E-state index in [1.165, 1.54) is 30.3 Å². The minimum absolute atomic E-state index is 0.128. The third kappa shape index (κ3) is 4.40. The number of rotatable bonds is 5. The van der Waals surface area contributed by atoms with Crippen molar-refractivity contribution in [2.45, 2.75) is 26.4 Å². The van der Waals surface area contributed by atoms with Gasteiger partial charge in [0.1, 0.15) is 11.9 Å². The summed E-state index contributed by atoms with van der Waals surface area (Å²) in [7, 11) is -3.88. The van der Waals surface area contributed by atoms with Crippen molar-refractivity contribution in [3.8, 4) is 0 Å². The van der Waals surface area contributed by atoms with Gasteiger partial charge >= 0.3 is 0 Å². The molecule has 0 saturated heterocycles. The van der Waals surface area contributed by atoms with E-state index in [0.717, 1.165) is 0 Å². The maximum absolute atomic E-state index is 13.0. The average Bonchev–Trinajstić information content (AvgIpc) is 2.91. The van der Waals surface area contributed by atoms with Crippen molar-refractivity contribution in [1.82, 2.24) is 5.32 Å². The molecular weight excluding hydrogens is 353 g/mol. The third-order valence-electron chi connectivity index (χ3n) is 3.29. The number of hydrogen-bond donors (Lipinski definition) is 2. The smallest absolute Gasteiger partial charge is 0.253 e. The first kappa shape index (κ1) is 18.6. The molecule has 1 aliphatic rings. The fourth-order valence-corrected chi connectivity index (χ4v) is 5.29. The summed E-state index contributed by atoms with van der Waals surface area (Å²) in [6.07, 6.45) is 2.16. The Morgan fingerprint density at radius 2 is 1.88 bits per heavy atom. The SMILES string of the molecule is CC(C)CC(O)C(=O)NC1=CC=C(c2ccc(F)cc2)S1=S(=O)=O. The van der Waals surface area contributed by atoms with Crippen LogP contribution in [0.5, 0.6) is 0 Å². The van der Waals surface area contributed by atoms with Crippen LogP contribution in [0.3, 0.4) is 0 Å². The lowest BCUT2D eigenvalue weighted by Gasteiger charge is -2.15. The molecule has 0 radical (unpaired) electrons. The van der Waals surface area contributed by atoms with Crippen molar-refractivity contribution in [3.05, 3.63) is 52.8 Å². The molecule has 1 aromatic rings. The highest BCUT2D eigenvalue weighted by Crippen LogP contribution is 2.29. The molecule has 0 saturated carbocycles. The van der Waals surface area contributed by atoms with Crippen LogP contribution in [0.1, 0.15) is 25.8 Å². The molecule has 2 rings (SSSR count). The lowest BCUT2D eigenvalue weighted by atomic mass is 10.1. The van der Waals surface area contributed by atoms with Crippen molar-refractivity contribution in [3.63, 3.8) is 0 Å². The van der Waals surface area contributed by atoms with Crippen LogP contribution in [0.25, 0.3) is 4.91 Å². The van der Waals surface area contributed by atoms with Gasteiger partial charge < -0.3 is 10.4 Å². The lowest BCUT2D eigenvalue weighted by Crippen LogP contribution is -2.35. The molecule has 24 heavy (non-hydrogen) atoms. The number of aliphatic hydroxyl groups is 1. The Morgan fingerprint density at radius 3 is 2.42 bits per heavy atom. The van der Waals surface area contributed by atoms with Crippen molar-refractivity contribution >= 4 is 29.5 Å². The summed E-state index contributed by atoms with van der Waals surface area (Å²) in [5.74, 6) is -0.923. The molecule has 1 amide bonds. The Balaban J connectivity index is 2.22. The quantitative estimate of drug-likeness (QED) is 0.829. The highest BCUT2D eigenvalue weighted by atomic mass is 32.9. The van der Waals surface area contributed by atoms with Crippen LogP contribution in [-0.2, 0) is 23.5 Å². The van der Waals surface area contributed by atoms with Crippen LogP contribution < -0.4 is 5.32 Å². The fourth-order valence-electron chi connectivity index (χ4n) is 2.20. The Labute approximate surface area is 143 Å². The summed E-state index contributed by atoms with van der Waals surface area (Å²) in [6, 6.07) is 5.46. The standard InChI is InChI=1S/C16H18FNO4S2/c1-10(2)9-13(19)16(20)18-15-8-7-14(23(15)24(21)22)11-3-5-12(17)6-4-11/h3-8,10,13,19H,9H2,1-2H3,(H,18,20). The fraction of sp³-hybridized carbons (Fsp3) is 0.312. The van der Waals surface area contributed by atoms with Gasteiger partial charge in [-0.1, -0.05) is 26.0 Å². The first-order valence-corrected chi connectivity index (χ1v) is 10.1. The average molecular weight is 371 g/mol. The minimum Gasteiger partial charge on any atom is -0.383 e. The van der Waals surface area contributed by atoms with Crippen molar-refractivity contribution in [1.29, 1.82) is 0 Å². The summed E-state index contributed by atoms with van der Waals surface area (Å²) in [5, 5.41) is 12.5. The first-order chi connectivity index (χ1) is 11.3. The van der Waals surface area contributed by atoms with Crippen LogP contribution in [0.4, 0.5) is 4.39 Å². The number of amides is 1. The molecule has 130 valence electrons. The van der Waals surface area contributed by atoms with E-state index in [0.29, 0.717) is 10.5 Å². The maximum Gasteiger partial charge on any atom is 0.253 e. The summed E-state index contributed by atoms with van der Waals surface area (Å²) in [4.78, 5) is 12.5. The van der Waals surface area contributed by atoms with Crippen LogP contribution >= 0.6 is 0 Å². The van der Waals surface area contributed by atoms with Crippen LogP contribution in [0.15, 0.2) is 41.4 Å². The zero-order valence-electron chi connectivity index (χ0n) is 13.2. The molecule has 0 aromatic heterocycles. The molecule has 0 fully saturated rings. The Bertz CT molecular complexity index is 831. The van der Waals surface area contributed by atoms with Gasteiger partial charge in [0.25, 0.3) is 15.2 Å². The second-order valence-corrected chi connectivity index (χ2v) is 9.32. The van der Waals surface area contributed by atoms with Crippen molar-refractivity contribution in [2.75, 3.05) is 0 Å². The molecule has 2 N–H and O–H groups in total. The number of halogens is 1. The number of aliphatic hydroxyl groups excluding tert-OH is 1. The second-order valence-electron chi connectivity index (χ2n) is 5.68. The van der Waals surface area contributed by atoms with Crippen LogP contribution in [0.2, 0.25) is 0 Å². The summed E-state index contributed by atoms with van der Waals surface area (Å²) >= 11 is 0. The highest BCUT2D eigenvalue weighted by molar-refractivity contribution is 8.40. The van der Waals surface area contributed by atoms with E-state index in [2.05, 4.69) is 5.32 Å². The zero-order chi connectivity index (χ0) is 17.9. The molecule has 0 bridgehead atoms. The normalized spacial score (nSPS) is 18.1. The van der Waals surface area contributed by atoms with Crippen LogP contribution in [-0.4, -0.2) is 25.5 Å². The summed E-state index contributed by atoms with van der Waals surface area (Å²) < 4.78 is 36.3. The first-order valence-electron chi connectivity index (χ1n) is 7.30. The van der Waals surface area contributed by atoms with Gasteiger partial charge in [-0.15, -0.1) is 0 Å². The number of benzene rings is 1. The molecule has 1 aliphatic heterocycles. The van der Waals surface area contributed by atoms with Gasteiger partial charge in [0.05, 0.1) is 5.03 Å². The molecule has 1 heterocycles. The highest BCUT2D eigenvalue weighted by Gasteiger charge is 2.24. The van der Waals surface area contributed by atoms with Crippen molar-refractivity contribution < 1.29 is 22.7 Å². The Hall–Kier alpha value is -1.77. The van der Waals surface area contributed by atoms with E-state index in [-0.39, 0.29) is 17.4 Å². The van der Waals surface area contributed by atoms with E-state index < -0.39 is 36.5 Å². The summed E-state index contributed by atoms with van der Waals surface area (Å²) in [6.45, 7) is 3.74. The minimum atomic E-state index is -2.50. The Morgan fingerprint density at radius 1 is 1.25 bits per heavy atom. The van der Waals surface area contributed by atoms with E-state index in [1.807, 2.05) is 13.8 Å². The van der Waals surface area contributed by atoms with E-state index in [1.54, 1.807) is 6.08 Å². The Kier molecular flexibility index (Phi) is 6.09. The van der Waals surface area contributed by atoms with Gasteiger partial charge in [-0.25, -0.2) is 4.39 Å². The number of allylic oxidation sites excluding steroid dienone is 2. The third-order valence-corrected chi connectivity index (χ3v) is 6.87. The largest absolute Gasteiger partial charge is 0.383 e. The molecule has 2 unspecified atom stereocenters. The second kappa shape index (κ2) is 7.87. The summed E-state index contributed by atoms with van der Waals surface area (Å²) in [5.41, 5.74) is 0.562. The van der Waals surface area contributed by atoms with E-state index in [4.69, 9.17) is 0 Å². The molecule has 1 aromatic carbocycles. The number of hydrogen-bond acceptors (Lipinski definition) is 4. The van der Waals surface area contributed by atoms with E-state index >= 15 is 0 Å². The van der Waals surface area contributed by atoms with Gasteiger partial charge in [0.2, 0.25) is 0 Å². The van der Waals surface area contributed by atoms with Gasteiger partial charge in [-0.3, -0.25) is 4.79 Å². The van der Waals surface area contributed by atoms with Gasteiger partial charge in [0, 0.05) is 14.4 Å². The maximum atomic E-state index is 13.0. The van der Waals surface area contributed by atoms with Gasteiger partial charge in [-0.2, -0.15) is 8.42 Å². The lowest BCUT2D eigenvalue weighted by molar-refractivity contribution is -0.129. The van der Waals surface area contributed by atoms with Gasteiger partial charge in [-0.05, 0) is 42.2 Å². The number of nitrogens with one attached hydrogen (secondary N) is 1. The molecule has 8 heteroatoms. The molecule has 5 nitrogen and oxygen atoms in total. The van der Waals surface area contributed by atoms with Gasteiger partial charge in [0.15, 0.2) is 0 Å². The zero-order valence-corrected chi connectivity index (χ0v) is 14.8. The predicted molar refractivity (Wildman–Crippen MR) is 92.3 cm³/mol. The molecule has 0 aliphatic carbocycles. The molecular formula is C16H18FNO4S2. The van der Waals surface area contributed by atoms with E-state index in [9.17, 15) is 22.7 Å².